The van der Waals surface area contributed by atoms with Gasteiger partial charge in [-0.15, -0.1) is 0 Å². The summed E-state index contributed by atoms with van der Waals surface area (Å²) in [5, 5.41) is 21.3. The average molecular weight is 336 g/mol. The SMILES string of the molecule is CCNC(=NCc1c(CC)noc1CC)NCC1(O)CCCCC1. The van der Waals surface area contributed by atoms with Crippen molar-refractivity contribution in [2.24, 2.45) is 4.99 Å². The zero-order chi connectivity index (χ0) is 17.4. The van der Waals surface area contributed by atoms with Gasteiger partial charge in [0.25, 0.3) is 0 Å². The molecule has 136 valence electrons. The first-order valence-electron chi connectivity index (χ1n) is 9.32. The minimum atomic E-state index is -0.602. The second-order valence-corrected chi connectivity index (χ2v) is 6.57. The third-order valence-electron chi connectivity index (χ3n) is 4.72. The Morgan fingerprint density at radius 3 is 2.54 bits per heavy atom. The number of aryl methyl sites for hydroxylation is 2. The molecular formula is C18H32N4O2. The molecule has 3 N–H and O–H groups in total. The zero-order valence-electron chi connectivity index (χ0n) is 15.3. The Morgan fingerprint density at radius 2 is 1.92 bits per heavy atom. The van der Waals surface area contributed by atoms with Gasteiger partial charge in [0, 0.05) is 25.1 Å². The summed E-state index contributed by atoms with van der Waals surface area (Å²) >= 11 is 0. The number of hydrogen-bond donors (Lipinski definition) is 3. The van der Waals surface area contributed by atoms with Crippen molar-refractivity contribution >= 4 is 5.96 Å². The molecule has 1 saturated carbocycles. The molecule has 1 aromatic heterocycles. The molecule has 1 aliphatic carbocycles. The van der Waals surface area contributed by atoms with Crippen molar-refractivity contribution in [2.45, 2.75) is 77.9 Å². The first-order chi connectivity index (χ1) is 11.6. The zero-order valence-corrected chi connectivity index (χ0v) is 15.3. The van der Waals surface area contributed by atoms with Crippen LogP contribution < -0.4 is 10.6 Å². The van der Waals surface area contributed by atoms with E-state index in [9.17, 15) is 5.11 Å². The lowest BCUT2D eigenvalue weighted by Crippen LogP contribution is -2.48. The van der Waals surface area contributed by atoms with E-state index in [-0.39, 0.29) is 0 Å². The van der Waals surface area contributed by atoms with Crippen molar-refractivity contribution < 1.29 is 9.63 Å². The molecule has 0 aliphatic heterocycles. The van der Waals surface area contributed by atoms with Crippen LogP contribution in [0.4, 0.5) is 0 Å². The van der Waals surface area contributed by atoms with Gasteiger partial charge in [0.05, 0.1) is 17.8 Å². The molecule has 1 fully saturated rings. The Kier molecular flexibility index (Phi) is 7.09. The lowest BCUT2D eigenvalue weighted by Gasteiger charge is -2.32. The first-order valence-corrected chi connectivity index (χ1v) is 9.32. The largest absolute Gasteiger partial charge is 0.388 e. The van der Waals surface area contributed by atoms with Gasteiger partial charge >= 0.3 is 0 Å². The summed E-state index contributed by atoms with van der Waals surface area (Å²) < 4.78 is 5.40. The second kappa shape index (κ2) is 9.06. The van der Waals surface area contributed by atoms with Gasteiger partial charge in [0.15, 0.2) is 5.96 Å². The van der Waals surface area contributed by atoms with Gasteiger partial charge in [0.2, 0.25) is 0 Å². The fourth-order valence-electron chi connectivity index (χ4n) is 3.25. The smallest absolute Gasteiger partial charge is 0.191 e. The monoisotopic (exact) mass is 336 g/mol. The highest BCUT2D eigenvalue weighted by atomic mass is 16.5. The molecule has 2 rings (SSSR count). The van der Waals surface area contributed by atoms with Crippen molar-refractivity contribution in [3.63, 3.8) is 0 Å². The summed E-state index contributed by atoms with van der Waals surface area (Å²) in [6.07, 6.45) is 6.83. The molecule has 0 spiro atoms. The van der Waals surface area contributed by atoms with E-state index >= 15 is 0 Å². The Labute approximate surface area is 145 Å². The maximum atomic E-state index is 10.6. The van der Waals surface area contributed by atoms with Gasteiger partial charge in [-0.05, 0) is 26.2 Å². The molecule has 0 bridgehead atoms. The van der Waals surface area contributed by atoms with Gasteiger partial charge < -0.3 is 20.3 Å². The lowest BCUT2D eigenvalue weighted by molar-refractivity contribution is 0.00859. The third-order valence-corrected chi connectivity index (χ3v) is 4.72. The van der Waals surface area contributed by atoms with E-state index < -0.39 is 5.60 Å². The molecule has 6 nitrogen and oxygen atoms in total. The third kappa shape index (κ3) is 4.97. The standard InChI is InChI=1S/C18H32N4O2/c1-4-15-14(16(5-2)24-22-15)12-20-17(19-6-3)21-13-18(23)10-8-7-9-11-18/h23H,4-13H2,1-3H3,(H2,19,20,21). The van der Waals surface area contributed by atoms with Gasteiger partial charge in [-0.3, -0.25) is 0 Å². The Bertz CT molecular complexity index is 512. The van der Waals surface area contributed by atoms with Crippen LogP contribution in [0.5, 0.6) is 0 Å². The fraction of sp³-hybridized carbons (Fsp3) is 0.778. The van der Waals surface area contributed by atoms with Crippen LogP contribution in [0.15, 0.2) is 9.52 Å². The number of nitrogens with zero attached hydrogens (tertiary/aromatic N) is 2. The predicted molar refractivity (Wildman–Crippen MR) is 96.1 cm³/mol. The van der Waals surface area contributed by atoms with Crippen LogP contribution in [0, 0.1) is 0 Å². The number of aromatic nitrogens is 1. The summed E-state index contributed by atoms with van der Waals surface area (Å²) in [7, 11) is 0. The number of hydrogen-bond acceptors (Lipinski definition) is 4. The second-order valence-electron chi connectivity index (χ2n) is 6.57. The van der Waals surface area contributed by atoms with E-state index in [4.69, 9.17) is 4.52 Å². The Morgan fingerprint density at radius 1 is 1.17 bits per heavy atom. The number of rotatable bonds is 7. The van der Waals surface area contributed by atoms with E-state index in [1.165, 1.54) is 6.42 Å². The van der Waals surface area contributed by atoms with Crippen molar-refractivity contribution in [1.29, 1.82) is 0 Å². The average Bonchev–Trinajstić information content (AvgIpc) is 3.00. The van der Waals surface area contributed by atoms with Gasteiger partial charge in [-0.1, -0.05) is 38.3 Å². The highest BCUT2D eigenvalue weighted by Gasteiger charge is 2.29. The topological polar surface area (TPSA) is 82.7 Å². The number of nitrogens with one attached hydrogen (secondary N) is 2. The van der Waals surface area contributed by atoms with Crippen LogP contribution in [-0.2, 0) is 19.4 Å². The molecule has 0 unspecified atom stereocenters. The lowest BCUT2D eigenvalue weighted by atomic mass is 9.85. The van der Waals surface area contributed by atoms with Crippen LogP contribution >= 0.6 is 0 Å². The van der Waals surface area contributed by atoms with E-state index in [1.807, 2.05) is 6.92 Å². The Hall–Kier alpha value is -1.56. The molecular weight excluding hydrogens is 304 g/mol. The maximum Gasteiger partial charge on any atom is 0.191 e. The fourth-order valence-corrected chi connectivity index (χ4v) is 3.25. The molecule has 1 aliphatic rings. The predicted octanol–water partition coefficient (Wildman–Crippen LogP) is 2.55. The van der Waals surface area contributed by atoms with Gasteiger partial charge in [0.1, 0.15) is 5.76 Å². The normalized spacial score (nSPS) is 17.8. The summed E-state index contributed by atoms with van der Waals surface area (Å²) in [6.45, 7) is 8.06. The number of aliphatic hydroxyl groups is 1. The van der Waals surface area contributed by atoms with Crippen LogP contribution in [0.3, 0.4) is 0 Å². The summed E-state index contributed by atoms with van der Waals surface area (Å²) in [5.74, 6) is 1.65. The molecule has 1 aromatic rings. The molecule has 0 amide bonds. The summed E-state index contributed by atoms with van der Waals surface area (Å²) in [4.78, 5) is 4.67. The van der Waals surface area contributed by atoms with E-state index in [0.29, 0.717) is 13.1 Å². The molecule has 6 heteroatoms. The minimum Gasteiger partial charge on any atom is -0.388 e. The van der Waals surface area contributed by atoms with Crippen LogP contribution in [0.25, 0.3) is 0 Å². The number of guanidine groups is 1. The molecule has 0 saturated heterocycles. The summed E-state index contributed by atoms with van der Waals surface area (Å²) in [6, 6.07) is 0. The number of aliphatic imine (C=N–C) groups is 1. The van der Waals surface area contributed by atoms with Crippen molar-refractivity contribution in [1.82, 2.24) is 15.8 Å². The maximum absolute atomic E-state index is 10.6. The minimum absolute atomic E-state index is 0.545. The van der Waals surface area contributed by atoms with E-state index in [0.717, 1.165) is 68.0 Å². The van der Waals surface area contributed by atoms with Crippen molar-refractivity contribution in [2.75, 3.05) is 13.1 Å². The molecule has 0 radical (unpaired) electrons. The molecule has 24 heavy (non-hydrogen) atoms. The van der Waals surface area contributed by atoms with Crippen LogP contribution in [-0.4, -0.2) is 34.9 Å². The van der Waals surface area contributed by atoms with Crippen molar-refractivity contribution in [3.8, 4) is 0 Å². The quantitative estimate of drug-likeness (QED) is 0.526. The highest BCUT2D eigenvalue weighted by molar-refractivity contribution is 5.79. The van der Waals surface area contributed by atoms with E-state index in [2.05, 4.69) is 34.6 Å². The van der Waals surface area contributed by atoms with E-state index in [1.54, 1.807) is 0 Å². The Balaban J connectivity index is 2.01. The van der Waals surface area contributed by atoms with Gasteiger partial charge in [-0.2, -0.15) is 0 Å². The van der Waals surface area contributed by atoms with Gasteiger partial charge in [-0.25, -0.2) is 4.99 Å². The molecule has 0 atom stereocenters. The molecule has 0 aromatic carbocycles. The first kappa shape index (κ1) is 18.8. The highest BCUT2D eigenvalue weighted by Crippen LogP contribution is 2.27. The van der Waals surface area contributed by atoms with Crippen molar-refractivity contribution in [3.05, 3.63) is 17.0 Å². The van der Waals surface area contributed by atoms with Crippen LogP contribution in [0.2, 0.25) is 0 Å². The van der Waals surface area contributed by atoms with Crippen LogP contribution in [0.1, 0.15) is 69.9 Å². The summed E-state index contributed by atoms with van der Waals surface area (Å²) in [5.41, 5.74) is 1.47. The molecule has 1 heterocycles.